The average Bonchev–Trinajstić information content (AvgIpc) is 3.10. The van der Waals surface area contributed by atoms with E-state index in [2.05, 4.69) is 31.6 Å². The molecule has 0 aromatic heterocycles. The lowest BCUT2D eigenvalue weighted by atomic mass is 9.97. The van der Waals surface area contributed by atoms with Crippen molar-refractivity contribution in [3.8, 4) is 0 Å². The van der Waals surface area contributed by atoms with Gasteiger partial charge in [-0.25, -0.2) is 4.79 Å². The minimum absolute atomic E-state index is 0.0551. The Labute approximate surface area is 318 Å². The predicted octanol–water partition coefficient (Wildman–Crippen LogP) is -2.86. The number of thioether (sulfide) groups is 1. The van der Waals surface area contributed by atoms with Gasteiger partial charge in [0.1, 0.15) is 30.2 Å². The fourth-order valence-corrected chi connectivity index (χ4v) is 5.35. The molecule has 0 aromatic rings. The summed E-state index contributed by atoms with van der Waals surface area (Å²) in [6.07, 6.45) is 1.35. The van der Waals surface area contributed by atoms with Crippen LogP contribution in [0.4, 0.5) is 0 Å². The molecule has 0 heterocycles. The van der Waals surface area contributed by atoms with Gasteiger partial charge in [-0.05, 0) is 69.4 Å². The SMILES string of the molecule is CCC(C)C(NC(=O)C(N)CCSC)C(=O)NC(CCCN=C(N)N)C(=O)NC(CCC(=O)O)C(=O)NC(CCCCN)C(=O)NC(CC(=O)O)C(=O)O. The standard InChI is InChI=1S/C32H58N10O11S/c1-4-17(2)25(42-26(47)18(34)12-15-54-3)30(51)40-20(9-7-14-37-32(35)36)27(48)39-21(10-11-23(43)44)29(50)38-19(8-5-6-13-33)28(49)41-22(31(52)53)16-24(45)46/h17-22,25H,4-16,33-34H2,1-3H3,(H,38,50)(H,39,48)(H,40,51)(H,41,49)(H,42,47)(H,43,44)(H,45,46)(H,52,53)(H4,35,36,37). The number of guanidine groups is 1. The smallest absolute Gasteiger partial charge is 0.326 e. The molecule has 0 spiro atoms. The lowest BCUT2D eigenvalue weighted by Crippen LogP contribution is -2.60. The summed E-state index contributed by atoms with van der Waals surface area (Å²) in [5.41, 5.74) is 22.4. The number of hydrogen-bond acceptors (Lipinski definition) is 12. The topological polar surface area (TPSA) is 374 Å². The third-order valence-electron chi connectivity index (χ3n) is 8.19. The first-order valence-corrected chi connectivity index (χ1v) is 19.0. The molecular weight excluding hydrogens is 732 g/mol. The van der Waals surface area contributed by atoms with E-state index in [1.807, 2.05) is 6.26 Å². The number of carbonyl (C=O) groups is 8. The van der Waals surface area contributed by atoms with E-state index in [0.29, 0.717) is 25.0 Å². The summed E-state index contributed by atoms with van der Waals surface area (Å²) in [6, 6.07) is -8.19. The van der Waals surface area contributed by atoms with E-state index in [-0.39, 0.29) is 44.7 Å². The van der Waals surface area contributed by atoms with E-state index in [1.54, 1.807) is 13.8 Å². The van der Waals surface area contributed by atoms with Gasteiger partial charge in [-0.2, -0.15) is 11.8 Å². The molecule has 5 amide bonds. The van der Waals surface area contributed by atoms with E-state index in [0.717, 1.165) is 0 Å². The molecule has 0 aromatic carbocycles. The van der Waals surface area contributed by atoms with Gasteiger partial charge in [0, 0.05) is 13.0 Å². The first kappa shape index (κ1) is 49.3. The number of aliphatic imine (C=N–C) groups is 1. The van der Waals surface area contributed by atoms with Crippen molar-refractivity contribution < 1.29 is 53.7 Å². The van der Waals surface area contributed by atoms with Crippen LogP contribution in [0.15, 0.2) is 4.99 Å². The Morgan fingerprint density at radius 3 is 1.67 bits per heavy atom. The molecule has 0 saturated carbocycles. The Kier molecular flexibility index (Phi) is 24.6. The largest absolute Gasteiger partial charge is 0.481 e. The molecule has 7 atom stereocenters. The molecular formula is C32H58N10O11S. The number of carbonyl (C=O) groups excluding carboxylic acids is 5. The molecule has 21 nitrogen and oxygen atoms in total. The number of nitrogens with zero attached hydrogens (tertiary/aromatic N) is 1. The van der Waals surface area contributed by atoms with Crippen molar-refractivity contribution in [3.63, 3.8) is 0 Å². The van der Waals surface area contributed by atoms with Crippen LogP contribution >= 0.6 is 11.8 Å². The zero-order valence-corrected chi connectivity index (χ0v) is 31.8. The molecule has 0 aliphatic heterocycles. The highest BCUT2D eigenvalue weighted by Gasteiger charge is 2.34. The molecule has 0 bridgehead atoms. The molecule has 0 rings (SSSR count). The van der Waals surface area contributed by atoms with E-state index in [4.69, 9.17) is 28.0 Å². The third-order valence-corrected chi connectivity index (χ3v) is 8.84. The molecule has 22 heteroatoms. The Morgan fingerprint density at radius 2 is 1.20 bits per heavy atom. The van der Waals surface area contributed by atoms with Crippen LogP contribution in [0.2, 0.25) is 0 Å². The van der Waals surface area contributed by atoms with Crippen molar-refractivity contribution in [1.82, 2.24) is 26.6 Å². The predicted molar refractivity (Wildman–Crippen MR) is 200 cm³/mol. The second-order valence-electron chi connectivity index (χ2n) is 12.6. The highest BCUT2D eigenvalue weighted by atomic mass is 32.2. The van der Waals surface area contributed by atoms with Gasteiger partial charge in [-0.1, -0.05) is 20.3 Å². The lowest BCUT2D eigenvalue weighted by molar-refractivity contribution is -0.147. The molecule has 0 radical (unpaired) electrons. The summed E-state index contributed by atoms with van der Waals surface area (Å²) in [4.78, 5) is 105. The van der Waals surface area contributed by atoms with Crippen LogP contribution in [0.5, 0.6) is 0 Å². The average molecular weight is 791 g/mol. The van der Waals surface area contributed by atoms with Crippen LogP contribution in [-0.4, -0.2) is 130 Å². The number of rotatable bonds is 29. The van der Waals surface area contributed by atoms with Crippen molar-refractivity contribution in [2.45, 2.75) is 114 Å². The third kappa shape index (κ3) is 20.5. The molecule has 0 saturated heterocycles. The summed E-state index contributed by atoms with van der Waals surface area (Å²) >= 11 is 1.50. The normalized spacial score (nSPS) is 14.8. The number of nitrogens with one attached hydrogen (secondary N) is 5. The van der Waals surface area contributed by atoms with Gasteiger partial charge in [0.2, 0.25) is 29.5 Å². The van der Waals surface area contributed by atoms with Crippen molar-refractivity contribution in [2.24, 2.45) is 33.8 Å². The second-order valence-corrected chi connectivity index (χ2v) is 13.6. The summed E-state index contributed by atoms with van der Waals surface area (Å²) in [5, 5.41) is 40.0. The Balaban J connectivity index is 6.44. The highest BCUT2D eigenvalue weighted by Crippen LogP contribution is 2.12. The first-order valence-electron chi connectivity index (χ1n) is 17.6. The van der Waals surface area contributed by atoms with Gasteiger partial charge in [-0.3, -0.25) is 38.6 Å². The van der Waals surface area contributed by atoms with E-state index in [9.17, 15) is 48.6 Å². The Hall–Kier alpha value is -4.70. The van der Waals surface area contributed by atoms with Crippen LogP contribution in [0.25, 0.3) is 0 Å². The number of carboxylic acid groups (broad SMARTS) is 3. The fraction of sp³-hybridized carbons (Fsp3) is 0.719. The number of amides is 5. The molecule has 0 fully saturated rings. The van der Waals surface area contributed by atoms with E-state index < -0.39 is 109 Å². The summed E-state index contributed by atoms with van der Waals surface area (Å²) in [6.45, 7) is 3.80. The van der Waals surface area contributed by atoms with E-state index in [1.165, 1.54) is 11.8 Å². The molecule has 0 aliphatic rings. The summed E-state index contributed by atoms with van der Waals surface area (Å²) in [7, 11) is 0. The maximum atomic E-state index is 13.8. The number of hydrogen-bond donors (Lipinski definition) is 12. The highest BCUT2D eigenvalue weighted by molar-refractivity contribution is 7.98. The van der Waals surface area contributed by atoms with Crippen molar-refractivity contribution >= 4 is 65.2 Å². The van der Waals surface area contributed by atoms with Crippen LogP contribution in [0.3, 0.4) is 0 Å². The van der Waals surface area contributed by atoms with Crippen molar-refractivity contribution in [2.75, 3.05) is 25.1 Å². The monoisotopic (exact) mass is 790 g/mol. The van der Waals surface area contributed by atoms with Gasteiger partial charge in [-0.15, -0.1) is 0 Å². The Morgan fingerprint density at radius 1 is 0.685 bits per heavy atom. The van der Waals surface area contributed by atoms with Crippen LogP contribution in [0.1, 0.15) is 78.1 Å². The van der Waals surface area contributed by atoms with E-state index >= 15 is 0 Å². The zero-order valence-electron chi connectivity index (χ0n) is 31.0. The second kappa shape index (κ2) is 27.0. The van der Waals surface area contributed by atoms with Gasteiger partial charge < -0.3 is 64.8 Å². The molecule has 0 aliphatic carbocycles. The first-order chi connectivity index (χ1) is 25.4. The molecule has 16 N–H and O–H groups in total. The van der Waals surface area contributed by atoms with Crippen molar-refractivity contribution in [1.29, 1.82) is 0 Å². The maximum Gasteiger partial charge on any atom is 0.326 e. The number of nitrogens with two attached hydrogens (primary N) is 4. The zero-order chi connectivity index (χ0) is 41.4. The fourth-order valence-electron chi connectivity index (χ4n) is 4.86. The number of unbranched alkanes of at least 4 members (excludes halogenated alkanes) is 1. The van der Waals surface area contributed by atoms with Crippen molar-refractivity contribution in [3.05, 3.63) is 0 Å². The van der Waals surface area contributed by atoms with Crippen LogP contribution in [0, 0.1) is 5.92 Å². The molecule has 7 unspecified atom stereocenters. The molecule has 308 valence electrons. The van der Waals surface area contributed by atoms with Gasteiger partial charge in [0.15, 0.2) is 5.96 Å². The Bertz CT molecular complexity index is 1300. The number of carboxylic acids is 3. The minimum atomic E-state index is -1.83. The summed E-state index contributed by atoms with van der Waals surface area (Å²) in [5.74, 6) is -8.73. The number of aliphatic carboxylic acids is 3. The quantitative estimate of drug-likeness (QED) is 0.0206. The molecule has 54 heavy (non-hydrogen) atoms. The minimum Gasteiger partial charge on any atom is -0.481 e. The maximum absolute atomic E-state index is 13.8. The van der Waals surface area contributed by atoms with Crippen LogP contribution in [-0.2, 0) is 38.4 Å². The van der Waals surface area contributed by atoms with Gasteiger partial charge >= 0.3 is 17.9 Å². The van der Waals surface area contributed by atoms with Crippen LogP contribution < -0.4 is 49.5 Å². The summed E-state index contributed by atoms with van der Waals surface area (Å²) < 4.78 is 0. The van der Waals surface area contributed by atoms with Gasteiger partial charge in [0.05, 0.1) is 12.5 Å². The lowest BCUT2D eigenvalue weighted by Gasteiger charge is -2.28. The van der Waals surface area contributed by atoms with Gasteiger partial charge in [0.25, 0.3) is 0 Å².